The Bertz CT molecular complexity index is 1150. The van der Waals surface area contributed by atoms with Crippen LogP contribution in [0.15, 0.2) is 60.7 Å². The van der Waals surface area contributed by atoms with Crippen molar-refractivity contribution in [2.75, 3.05) is 19.8 Å². The fraction of sp³-hybridized carbons (Fsp3) is 0.370. The average molecular weight is 477 g/mol. The summed E-state index contributed by atoms with van der Waals surface area (Å²) in [6.07, 6.45) is 2.99. The highest BCUT2D eigenvalue weighted by Crippen LogP contribution is 2.44. The van der Waals surface area contributed by atoms with Gasteiger partial charge >= 0.3 is 12.1 Å². The lowest BCUT2D eigenvalue weighted by Gasteiger charge is -2.30. The molecule has 4 atom stereocenters. The molecular formula is C27H28N2O6. The number of nitrogens with one attached hydrogen (secondary N) is 2. The second kappa shape index (κ2) is 9.19. The van der Waals surface area contributed by atoms with Crippen molar-refractivity contribution in [3.8, 4) is 11.1 Å². The van der Waals surface area contributed by atoms with Crippen molar-refractivity contribution < 1.29 is 29.0 Å². The quantitative estimate of drug-likeness (QED) is 0.552. The van der Waals surface area contributed by atoms with Crippen molar-refractivity contribution in [3.63, 3.8) is 0 Å². The molecule has 1 saturated heterocycles. The minimum absolute atomic E-state index is 0.0565. The molecule has 3 aliphatic rings. The molecule has 8 nitrogen and oxygen atoms in total. The van der Waals surface area contributed by atoms with E-state index in [-0.39, 0.29) is 37.7 Å². The van der Waals surface area contributed by atoms with E-state index in [4.69, 9.17) is 14.6 Å². The van der Waals surface area contributed by atoms with Crippen molar-refractivity contribution in [3.05, 3.63) is 71.8 Å². The summed E-state index contributed by atoms with van der Waals surface area (Å²) >= 11 is 0. The van der Waals surface area contributed by atoms with Gasteiger partial charge in [0.2, 0.25) is 5.91 Å². The maximum atomic E-state index is 13.1. The molecule has 1 aliphatic heterocycles. The first-order valence-corrected chi connectivity index (χ1v) is 11.8. The molecule has 0 saturated carbocycles. The Morgan fingerprint density at radius 2 is 1.69 bits per heavy atom. The van der Waals surface area contributed by atoms with E-state index in [1.165, 1.54) is 0 Å². The Hall–Kier alpha value is -3.65. The molecule has 2 amide bonds. The number of hydrogen-bond donors (Lipinski definition) is 3. The van der Waals surface area contributed by atoms with E-state index in [9.17, 15) is 14.4 Å². The first-order chi connectivity index (χ1) is 16.9. The first kappa shape index (κ1) is 23.1. The Balaban J connectivity index is 1.20. The standard InChI is InChI=1S/C27H28N2O6/c1-27(25(32)28-17-11-10-16(12-17)24(30)31)15-34-14-23(27)29-26(33)35-13-22-20-8-4-2-6-18(20)19-7-3-5-9-21(19)22/h2-11,16-17,22-23H,12-15H2,1H3,(H,28,32)(H,29,33)(H,30,31). The number of carboxylic acids is 1. The summed E-state index contributed by atoms with van der Waals surface area (Å²) in [5, 5.41) is 14.9. The van der Waals surface area contributed by atoms with Crippen LogP contribution in [-0.2, 0) is 19.1 Å². The molecular weight excluding hydrogens is 448 g/mol. The third-order valence-corrected chi connectivity index (χ3v) is 7.33. The van der Waals surface area contributed by atoms with Gasteiger partial charge in [-0.05, 0) is 35.6 Å². The second-order valence-corrected chi connectivity index (χ2v) is 9.60. The fourth-order valence-corrected chi connectivity index (χ4v) is 5.20. The van der Waals surface area contributed by atoms with Crippen LogP contribution in [0.5, 0.6) is 0 Å². The number of carbonyl (C=O) groups is 3. The van der Waals surface area contributed by atoms with E-state index < -0.39 is 29.4 Å². The van der Waals surface area contributed by atoms with Gasteiger partial charge in [0, 0.05) is 12.0 Å². The van der Waals surface area contributed by atoms with Crippen LogP contribution in [0.2, 0.25) is 0 Å². The Morgan fingerprint density at radius 1 is 1.03 bits per heavy atom. The molecule has 3 N–H and O–H groups in total. The largest absolute Gasteiger partial charge is 0.481 e. The molecule has 5 rings (SSSR count). The lowest BCUT2D eigenvalue weighted by molar-refractivity contribution is -0.140. The number of hydrogen-bond acceptors (Lipinski definition) is 5. The molecule has 35 heavy (non-hydrogen) atoms. The summed E-state index contributed by atoms with van der Waals surface area (Å²) in [5.41, 5.74) is 3.55. The molecule has 2 aliphatic carbocycles. The van der Waals surface area contributed by atoms with Gasteiger partial charge in [0.1, 0.15) is 6.61 Å². The van der Waals surface area contributed by atoms with Crippen LogP contribution in [0.25, 0.3) is 11.1 Å². The number of carboxylic acid groups (broad SMARTS) is 1. The zero-order valence-corrected chi connectivity index (χ0v) is 19.4. The predicted molar refractivity (Wildman–Crippen MR) is 128 cm³/mol. The summed E-state index contributed by atoms with van der Waals surface area (Å²) in [4.78, 5) is 37.0. The number of rotatable bonds is 6. The highest BCUT2D eigenvalue weighted by Gasteiger charge is 2.48. The van der Waals surface area contributed by atoms with E-state index in [1.54, 1.807) is 19.1 Å². The van der Waals surface area contributed by atoms with Crippen LogP contribution in [0.4, 0.5) is 4.79 Å². The molecule has 2 aromatic carbocycles. The topological polar surface area (TPSA) is 114 Å². The smallest absolute Gasteiger partial charge is 0.407 e. The molecule has 0 spiro atoms. The van der Waals surface area contributed by atoms with Crippen LogP contribution >= 0.6 is 0 Å². The zero-order valence-electron chi connectivity index (χ0n) is 19.4. The van der Waals surface area contributed by atoms with E-state index in [0.29, 0.717) is 6.42 Å². The molecule has 0 radical (unpaired) electrons. The van der Waals surface area contributed by atoms with Crippen LogP contribution < -0.4 is 10.6 Å². The van der Waals surface area contributed by atoms with Gasteiger partial charge in [-0.1, -0.05) is 60.7 Å². The van der Waals surface area contributed by atoms with E-state index >= 15 is 0 Å². The number of ether oxygens (including phenoxy) is 2. The Kier molecular flexibility index (Phi) is 6.06. The van der Waals surface area contributed by atoms with Crippen LogP contribution in [0.3, 0.4) is 0 Å². The summed E-state index contributed by atoms with van der Waals surface area (Å²) in [6.45, 7) is 2.25. The lowest BCUT2D eigenvalue weighted by Crippen LogP contribution is -2.55. The van der Waals surface area contributed by atoms with Crippen molar-refractivity contribution in [1.82, 2.24) is 10.6 Å². The van der Waals surface area contributed by atoms with Crippen molar-refractivity contribution in [1.29, 1.82) is 0 Å². The number of alkyl carbamates (subject to hydrolysis) is 1. The van der Waals surface area contributed by atoms with Gasteiger partial charge in [-0.25, -0.2) is 4.79 Å². The van der Waals surface area contributed by atoms with Crippen LogP contribution in [-0.4, -0.2) is 55.0 Å². The van der Waals surface area contributed by atoms with Gasteiger partial charge in [-0.15, -0.1) is 0 Å². The zero-order chi connectivity index (χ0) is 24.6. The van der Waals surface area contributed by atoms with E-state index in [2.05, 4.69) is 34.9 Å². The number of fused-ring (bicyclic) bond motifs is 3. The van der Waals surface area contributed by atoms with Gasteiger partial charge in [-0.2, -0.15) is 0 Å². The molecule has 1 heterocycles. The predicted octanol–water partition coefficient (Wildman–Crippen LogP) is 3.08. The molecule has 182 valence electrons. The molecule has 4 unspecified atom stereocenters. The third-order valence-electron chi connectivity index (χ3n) is 7.33. The van der Waals surface area contributed by atoms with Crippen molar-refractivity contribution >= 4 is 18.0 Å². The number of carbonyl (C=O) groups excluding carboxylic acids is 2. The SMILES string of the molecule is CC1(C(=O)NC2C=CC(C(=O)O)C2)COCC1NC(=O)OCC1c2ccccc2-c2ccccc21. The Morgan fingerprint density at radius 3 is 2.31 bits per heavy atom. The third kappa shape index (κ3) is 4.30. The number of benzene rings is 2. The van der Waals surface area contributed by atoms with Crippen molar-refractivity contribution in [2.45, 2.75) is 31.3 Å². The lowest BCUT2D eigenvalue weighted by atomic mass is 9.84. The number of aliphatic carboxylic acids is 1. The van der Waals surface area contributed by atoms with Crippen LogP contribution in [0.1, 0.15) is 30.4 Å². The number of amides is 2. The van der Waals surface area contributed by atoms with Gasteiger partial charge in [-0.3, -0.25) is 9.59 Å². The fourth-order valence-electron chi connectivity index (χ4n) is 5.20. The summed E-state index contributed by atoms with van der Waals surface area (Å²) in [7, 11) is 0. The molecule has 2 aromatic rings. The normalized spacial score (nSPS) is 26.7. The maximum Gasteiger partial charge on any atom is 0.407 e. The van der Waals surface area contributed by atoms with Gasteiger partial charge in [0.05, 0.1) is 30.6 Å². The molecule has 0 bridgehead atoms. The van der Waals surface area contributed by atoms with Crippen molar-refractivity contribution in [2.24, 2.45) is 11.3 Å². The molecule has 0 aromatic heterocycles. The minimum Gasteiger partial charge on any atom is -0.481 e. The van der Waals surface area contributed by atoms with Gasteiger partial charge in [0.15, 0.2) is 0 Å². The van der Waals surface area contributed by atoms with Gasteiger partial charge in [0.25, 0.3) is 0 Å². The summed E-state index contributed by atoms with van der Waals surface area (Å²) < 4.78 is 11.2. The van der Waals surface area contributed by atoms with Crippen LogP contribution in [0, 0.1) is 11.3 Å². The first-order valence-electron chi connectivity index (χ1n) is 11.8. The highest BCUT2D eigenvalue weighted by atomic mass is 16.5. The monoisotopic (exact) mass is 476 g/mol. The maximum absolute atomic E-state index is 13.1. The molecule has 1 fully saturated rings. The minimum atomic E-state index is -0.999. The summed E-state index contributed by atoms with van der Waals surface area (Å²) in [6, 6.07) is 15.3. The average Bonchev–Trinajstić information content (AvgIpc) is 3.55. The summed E-state index contributed by atoms with van der Waals surface area (Å²) in [5.74, 6) is -1.87. The molecule has 8 heteroatoms. The Labute approximate surface area is 203 Å². The van der Waals surface area contributed by atoms with E-state index in [1.807, 2.05) is 24.3 Å². The van der Waals surface area contributed by atoms with Gasteiger partial charge < -0.3 is 25.2 Å². The second-order valence-electron chi connectivity index (χ2n) is 9.60. The highest BCUT2D eigenvalue weighted by molar-refractivity contribution is 5.85. The van der Waals surface area contributed by atoms with E-state index in [0.717, 1.165) is 22.3 Å².